The van der Waals surface area contributed by atoms with Crippen molar-refractivity contribution in [3.63, 3.8) is 0 Å². The summed E-state index contributed by atoms with van der Waals surface area (Å²) < 4.78 is 0. The molecule has 1 saturated heterocycles. The van der Waals surface area contributed by atoms with Crippen molar-refractivity contribution in [3.8, 4) is 22.3 Å². The Bertz CT molecular complexity index is 1080. The minimum absolute atomic E-state index is 0.0248. The van der Waals surface area contributed by atoms with Gasteiger partial charge in [0.25, 0.3) is 0 Å². The first kappa shape index (κ1) is 23.3. The summed E-state index contributed by atoms with van der Waals surface area (Å²) >= 11 is 0. The van der Waals surface area contributed by atoms with Gasteiger partial charge in [0.15, 0.2) is 0 Å². The first-order valence-corrected chi connectivity index (χ1v) is 12.2. The van der Waals surface area contributed by atoms with Crippen LogP contribution in [0.3, 0.4) is 0 Å². The number of anilines is 1. The van der Waals surface area contributed by atoms with E-state index in [0.717, 1.165) is 25.1 Å². The third kappa shape index (κ3) is 4.90. The van der Waals surface area contributed by atoms with E-state index in [4.69, 9.17) is 0 Å². The topological polar surface area (TPSA) is 20.3 Å². The van der Waals surface area contributed by atoms with E-state index in [-0.39, 0.29) is 16.7 Å². The predicted octanol–water partition coefficient (Wildman–Crippen LogP) is 8.13. The van der Waals surface area contributed by atoms with Crippen LogP contribution in [0.25, 0.3) is 22.3 Å². The molecular formula is C31H37NO. The highest BCUT2D eigenvalue weighted by Crippen LogP contribution is 2.40. The Morgan fingerprint density at radius 2 is 1.15 bits per heavy atom. The zero-order valence-corrected chi connectivity index (χ0v) is 21.0. The van der Waals surface area contributed by atoms with Crippen molar-refractivity contribution in [2.24, 2.45) is 0 Å². The van der Waals surface area contributed by atoms with Crippen molar-refractivity contribution in [2.75, 3.05) is 11.4 Å². The van der Waals surface area contributed by atoms with Gasteiger partial charge in [0.05, 0.1) is 0 Å². The van der Waals surface area contributed by atoms with Gasteiger partial charge in [-0.15, -0.1) is 0 Å². The molecule has 1 fully saturated rings. The third-order valence-corrected chi connectivity index (χ3v) is 6.65. The molecule has 3 aromatic carbocycles. The molecule has 1 aliphatic rings. The molecule has 0 aromatic heterocycles. The van der Waals surface area contributed by atoms with E-state index in [9.17, 15) is 4.79 Å². The number of benzene rings is 3. The molecule has 1 heterocycles. The Morgan fingerprint density at radius 3 is 1.61 bits per heavy atom. The molecule has 0 saturated carbocycles. The monoisotopic (exact) mass is 439 g/mol. The number of carbonyl (C=O) groups excluding carboxylic acids is 1. The standard InChI is InChI=1S/C31H37NO/c1-30(2,3)27-15-9-7-13-25(27)22-19-23(26-14-8-10-16-28(26)31(4,5)6)21-24(20-22)32-18-12-11-17-29(32)33/h7-10,13-16,19-21H,11-12,17-18H2,1-6H3. The lowest BCUT2D eigenvalue weighted by Crippen LogP contribution is -2.35. The van der Waals surface area contributed by atoms with E-state index in [0.29, 0.717) is 6.42 Å². The fraction of sp³-hybridized carbons (Fsp3) is 0.387. The molecule has 0 aliphatic carbocycles. The highest BCUT2D eigenvalue weighted by molar-refractivity contribution is 5.96. The lowest BCUT2D eigenvalue weighted by Gasteiger charge is -2.29. The molecule has 0 radical (unpaired) electrons. The van der Waals surface area contributed by atoms with E-state index in [1.165, 1.54) is 33.4 Å². The molecule has 2 nitrogen and oxygen atoms in total. The highest BCUT2D eigenvalue weighted by atomic mass is 16.2. The van der Waals surface area contributed by atoms with Crippen LogP contribution >= 0.6 is 0 Å². The van der Waals surface area contributed by atoms with Crippen LogP contribution in [-0.4, -0.2) is 12.5 Å². The molecule has 0 unspecified atom stereocenters. The van der Waals surface area contributed by atoms with Crippen molar-refractivity contribution in [3.05, 3.63) is 77.9 Å². The van der Waals surface area contributed by atoms with Gasteiger partial charge in [-0.2, -0.15) is 0 Å². The number of nitrogens with zero attached hydrogens (tertiary/aromatic N) is 1. The fourth-order valence-corrected chi connectivity index (χ4v) is 4.93. The van der Waals surface area contributed by atoms with Gasteiger partial charge in [-0.3, -0.25) is 4.79 Å². The van der Waals surface area contributed by atoms with Crippen LogP contribution < -0.4 is 4.90 Å². The summed E-state index contributed by atoms with van der Waals surface area (Å²) in [5.41, 5.74) is 8.54. The van der Waals surface area contributed by atoms with E-state index < -0.39 is 0 Å². The normalized spacial score (nSPS) is 15.1. The maximum atomic E-state index is 12.9. The number of rotatable bonds is 3. The summed E-state index contributed by atoms with van der Waals surface area (Å²) in [6, 6.07) is 24.1. The minimum atomic E-state index is 0.0248. The Kier molecular flexibility index (Phi) is 6.22. The average Bonchev–Trinajstić information content (AvgIpc) is 2.78. The first-order valence-electron chi connectivity index (χ1n) is 12.2. The second-order valence-electron chi connectivity index (χ2n) is 11.4. The Morgan fingerprint density at radius 1 is 0.667 bits per heavy atom. The van der Waals surface area contributed by atoms with Crippen LogP contribution in [0.15, 0.2) is 66.7 Å². The molecule has 1 aliphatic heterocycles. The van der Waals surface area contributed by atoms with Gasteiger partial charge in [-0.1, -0.05) is 90.1 Å². The zero-order chi connectivity index (χ0) is 23.8. The minimum Gasteiger partial charge on any atom is -0.312 e. The van der Waals surface area contributed by atoms with Gasteiger partial charge >= 0.3 is 0 Å². The summed E-state index contributed by atoms with van der Waals surface area (Å²) in [6.45, 7) is 14.4. The summed E-state index contributed by atoms with van der Waals surface area (Å²) in [5, 5.41) is 0. The first-order chi connectivity index (χ1) is 15.6. The molecule has 172 valence electrons. The van der Waals surface area contributed by atoms with Gasteiger partial charge < -0.3 is 4.90 Å². The summed E-state index contributed by atoms with van der Waals surface area (Å²) in [5.74, 6) is 0.234. The second kappa shape index (κ2) is 8.82. The van der Waals surface area contributed by atoms with E-state index in [2.05, 4.69) is 108 Å². The van der Waals surface area contributed by atoms with Crippen LogP contribution in [0.1, 0.15) is 71.9 Å². The number of amides is 1. The van der Waals surface area contributed by atoms with Crippen LogP contribution in [0, 0.1) is 0 Å². The Labute approximate surface area is 199 Å². The van der Waals surface area contributed by atoms with Gasteiger partial charge in [-0.25, -0.2) is 0 Å². The van der Waals surface area contributed by atoms with Crippen molar-refractivity contribution in [1.29, 1.82) is 0 Å². The quantitative estimate of drug-likeness (QED) is 0.403. The van der Waals surface area contributed by atoms with E-state index in [1.54, 1.807) is 0 Å². The Hall–Kier alpha value is -2.87. The van der Waals surface area contributed by atoms with Gasteiger partial charge in [-0.05, 0) is 75.3 Å². The summed E-state index contributed by atoms with van der Waals surface area (Å²) in [6.07, 6.45) is 2.68. The number of carbonyl (C=O) groups is 1. The van der Waals surface area contributed by atoms with Crippen molar-refractivity contribution in [2.45, 2.75) is 71.6 Å². The number of hydrogen-bond donors (Lipinski definition) is 0. The molecule has 0 N–H and O–H groups in total. The van der Waals surface area contributed by atoms with Crippen molar-refractivity contribution in [1.82, 2.24) is 0 Å². The highest BCUT2D eigenvalue weighted by Gasteiger charge is 2.24. The maximum Gasteiger partial charge on any atom is 0.226 e. The van der Waals surface area contributed by atoms with Crippen LogP contribution in [-0.2, 0) is 15.6 Å². The third-order valence-electron chi connectivity index (χ3n) is 6.65. The number of piperidine rings is 1. The molecule has 0 bridgehead atoms. The molecule has 3 aromatic rings. The molecule has 0 spiro atoms. The van der Waals surface area contributed by atoms with Crippen molar-refractivity contribution < 1.29 is 4.79 Å². The molecule has 0 atom stereocenters. The lowest BCUT2D eigenvalue weighted by molar-refractivity contribution is -0.119. The van der Waals surface area contributed by atoms with Gasteiger partial charge in [0, 0.05) is 18.7 Å². The Balaban J connectivity index is 1.97. The summed E-state index contributed by atoms with van der Waals surface area (Å²) in [7, 11) is 0. The SMILES string of the molecule is CC(C)(C)c1ccccc1-c1cc(-c2ccccc2C(C)(C)C)cc(N2CCCCC2=O)c1. The van der Waals surface area contributed by atoms with Crippen LogP contribution in [0.4, 0.5) is 5.69 Å². The second-order valence-corrected chi connectivity index (χ2v) is 11.4. The summed E-state index contributed by atoms with van der Waals surface area (Å²) in [4.78, 5) is 14.9. The lowest BCUT2D eigenvalue weighted by atomic mass is 9.80. The van der Waals surface area contributed by atoms with Gasteiger partial charge in [0.2, 0.25) is 5.91 Å². The molecule has 33 heavy (non-hydrogen) atoms. The van der Waals surface area contributed by atoms with Crippen LogP contribution in [0.5, 0.6) is 0 Å². The largest absolute Gasteiger partial charge is 0.312 e. The molecule has 4 rings (SSSR count). The van der Waals surface area contributed by atoms with Crippen LogP contribution in [0.2, 0.25) is 0 Å². The predicted molar refractivity (Wildman–Crippen MR) is 141 cm³/mol. The van der Waals surface area contributed by atoms with E-state index >= 15 is 0 Å². The number of hydrogen-bond acceptors (Lipinski definition) is 1. The van der Waals surface area contributed by atoms with E-state index in [1.807, 2.05) is 4.90 Å². The zero-order valence-electron chi connectivity index (χ0n) is 21.0. The fourth-order valence-electron chi connectivity index (χ4n) is 4.93. The molecule has 2 heteroatoms. The molecule has 1 amide bonds. The van der Waals surface area contributed by atoms with Crippen molar-refractivity contribution >= 4 is 11.6 Å². The maximum absolute atomic E-state index is 12.9. The smallest absolute Gasteiger partial charge is 0.226 e. The van der Waals surface area contributed by atoms with Gasteiger partial charge in [0.1, 0.15) is 0 Å². The molecular weight excluding hydrogens is 402 g/mol. The average molecular weight is 440 g/mol.